The Kier molecular flexibility index (Phi) is 7.06. The summed E-state index contributed by atoms with van der Waals surface area (Å²) in [6.45, 7) is 0.710. The monoisotopic (exact) mass is 472 g/mol. The van der Waals surface area contributed by atoms with E-state index >= 15 is 0 Å². The minimum absolute atomic E-state index is 0.110. The van der Waals surface area contributed by atoms with Crippen LogP contribution in [0.2, 0.25) is 0 Å². The topological polar surface area (TPSA) is 67.9 Å². The Morgan fingerprint density at radius 1 is 1.16 bits per heavy atom. The molecule has 9 heteroatoms. The number of thioether (sulfide) groups is 1. The smallest absolute Gasteiger partial charge is 0.266 e. The molecule has 1 saturated heterocycles. The van der Waals surface area contributed by atoms with Crippen LogP contribution in [0.25, 0.3) is 6.08 Å². The molecule has 0 unspecified atom stereocenters. The molecule has 2 aliphatic rings. The number of nitrogens with one attached hydrogen (secondary N) is 1. The first-order valence-corrected chi connectivity index (χ1v) is 11.4. The highest BCUT2D eigenvalue weighted by molar-refractivity contribution is 8.26. The first-order chi connectivity index (χ1) is 15.5. The number of halogens is 1. The number of hydrogen-bond acceptors (Lipinski definition) is 6. The van der Waals surface area contributed by atoms with Crippen molar-refractivity contribution in [1.29, 1.82) is 0 Å². The van der Waals surface area contributed by atoms with Crippen molar-refractivity contribution in [3.63, 3.8) is 0 Å². The number of anilines is 1. The molecule has 0 bridgehead atoms. The van der Waals surface area contributed by atoms with Crippen molar-refractivity contribution in [2.75, 3.05) is 18.7 Å². The van der Waals surface area contributed by atoms with E-state index in [1.165, 1.54) is 23.9 Å². The van der Waals surface area contributed by atoms with Crippen molar-refractivity contribution in [1.82, 2.24) is 4.90 Å². The molecule has 6 nitrogen and oxygen atoms in total. The summed E-state index contributed by atoms with van der Waals surface area (Å²) in [5.41, 5.74) is 1.29. The van der Waals surface area contributed by atoms with Crippen LogP contribution in [0.3, 0.4) is 0 Å². The first-order valence-electron chi connectivity index (χ1n) is 10.2. The second-order valence-electron chi connectivity index (χ2n) is 7.32. The molecule has 2 heterocycles. The molecule has 0 radical (unpaired) electrons. The molecular formula is C23H21FN2O4S2. The van der Waals surface area contributed by atoms with Crippen LogP contribution in [0.1, 0.15) is 31.2 Å². The van der Waals surface area contributed by atoms with Crippen molar-refractivity contribution in [3.8, 4) is 11.5 Å². The van der Waals surface area contributed by atoms with Crippen molar-refractivity contribution in [3.05, 3.63) is 58.8 Å². The fourth-order valence-electron chi connectivity index (χ4n) is 3.37. The largest absolute Gasteiger partial charge is 0.454 e. The van der Waals surface area contributed by atoms with Gasteiger partial charge in [0.15, 0.2) is 11.5 Å². The average Bonchev–Trinajstić information content (AvgIpc) is 3.32. The van der Waals surface area contributed by atoms with Crippen molar-refractivity contribution in [2.24, 2.45) is 0 Å². The predicted molar refractivity (Wildman–Crippen MR) is 126 cm³/mol. The van der Waals surface area contributed by atoms with Gasteiger partial charge in [-0.2, -0.15) is 0 Å². The Balaban J connectivity index is 1.22. The van der Waals surface area contributed by atoms with E-state index in [2.05, 4.69) is 5.32 Å². The Morgan fingerprint density at radius 2 is 2.00 bits per heavy atom. The molecule has 1 fully saturated rings. The molecular weight excluding hydrogens is 451 g/mol. The van der Waals surface area contributed by atoms with E-state index in [-0.39, 0.29) is 24.4 Å². The second kappa shape index (κ2) is 10.1. The summed E-state index contributed by atoms with van der Waals surface area (Å²) in [7, 11) is 0. The molecule has 4 rings (SSSR count). The summed E-state index contributed by atoms with van der Waals surface area (Å²) in [5, 5.41) is 2.68. The van der Waals surface area contributed by atoms with Gasteiger partial charge in [-0.15, -0.1) is 0 Å². The number of ether oxygens (including phenoxy) is 2. The standard InChI is InChI=1S/C23H21FN2O4S2/c24-16-5-4-6-17(13-16)25-21(27)7-2-1-3-10-26-22(28)20(32-23(26)31)12-15-8-9-18-19(11-15)30-14-29-18/h4-6,8-9,11-13H,1-3,7,10,14H2,(H,25,27)/b20-12-. The van der Waals surface area contributed by atoms with Crippen LogP contribution in [-0.4, -0.2) is 34.4 Å². The SMILES string of the molecule is O=C(CCCCCN1C(=O)/C(=C/c2ccc3c(c2)OCO3)SC1=S)Nc1cccc(F)c1. The first kappa shape index (κ1) is 22.3. The summed E-state index contributed by atoms with van der Waals surface area (Å²) in [4.78, 5) is 26.9. The summed E-state index contributed by atoms with van der Waals surface area (Å²) in [6, 6.07) is 11.3. The van der Waals surface area contributed by atoms with Gasteiger partial charge in [-0.05, 0) is 54.8 Å². The lowest BCUT2D eigenvalue weighted by Gasteiger charge is -2.14. The van der Waals surface area contributed by atoms with Gasteiger partial charge < -0.3 is 14.8 Å². The van der Waals surface area contributed by atoms with E-state index in [9.17, 15) is 14.0 Å². The normalized spacial score (nSPS) is 16.2. The summed E-state index contributed by atoms with van der Waals surface area (Å²) in [5.74, 6) is 0.697. The van der Waals surface area contributed by atoms with Crippen LogP contribution in [0.15, 0.2) is 47.4 Å². The molecule has 2 aliphatic heterocycles. The van der Waals surface area contributed by atoms with E-state index in [1.54, 1.807) is 23.1 Å². The van der Waals surface area contributed by atoms with E-state index in [0.717, 1.165) is 18.4 Å². The van der Waals surface area contributed by atoms with Crippen LogP contribution >= 0.6 is 24.0 Å². The van der Waals surface area contributed by atoms with Gasteiger partial charge in [0.1, 0.15) is 10.1 Å². The molecule has 2 aromatic rings. The van der Waals surface area contributed by atoms with Gasteiger partial charge in [-0.3, -0.25) is 14.5 Å². The number of amides is 2. The van der Waals surface area contributed by atoms with Crippen molar-refractivity contribution >= 4 is 51.9 Å². The van der Waals surface area contributed by atoms with Gasteiger partial charge >= 0.3 is 0 Å². The van der Waals surface area contributed by atoms with Crippen LogP contribution in [0.4, 0.5) is 10.1 Å². The number of carbonyl (C=O) groups is 2. The highest BCUT2D eigenvalue weighted by atomic mass is 32.2. The minimum Gasteiger partial charge on any atom is -0.454 e. The van der Waals surface area contributed by atoms with Crippen LogP contribution in [-0.2, 0) is 9.59 Å². The zero-order valence-corrected chi connectivity index (χ0v) is 18.8. The van der Waals surface area contributed by atoms with Gasteiger partial charge in [-0.25, -0.2) is 4.39 Å². The predicted octanol–water partition coefficient (Wildman–Crippen LogP) is 4.95. The molecule has 166 valence electrons. The quantitative estimate of drug-likeness (QED) is 0.333. The fraction of sp³-hybridized carbons (Fsp3) is 0.261. The number of carbonyl (C=O) groups excluding carboxylic acids is 2. The van der Waals surface area contributed by atoms with Gasteiger partial charge in [0.25, 0.3) is 5.91 Å². The lowest BCUT2D eigenvalue weighted by Crippen LogP contribution is -2.29. The zero-order valence-electron chi connectivity index (χ0n) is 17.1. The number of benzene rings is 2. The van der Waals surface area contributed by atoms with Crippen LogP contribution in [0.5, 0.6) is 11.5 Å². The second-order valence-corrected chi connectivity index (χ2v) is 8.99. The minimum atomic E-state index is -0.390. The summed E-state index contributed by atoms with van der Waals surface area (Å²) < 4.78 is 24.4. The Bertz CT molecular complexity index is 1090. The van der Waals surface area contributed by atoms with Crippen molar-refractivity contribution in [2.45, 2.75) is 25.7 Å². The van der Waals surface area contributed by atoms with E-state index in [1.807, 2.05) is 18.2 Å². The third-order valence-electron chi connectivity index (χ3n) is 4.96. The Morgan fingerprint density at radius 3 is 2.84 bits per heavy atom. The maximum Gasteiger partial charge on any atom is 0.266 e. The van der Waals surface area contributed by atoms with Gasteiger partial charge in [0, 0.05) is 18.7 Å². The molecule has 1 N–H and O–H groups in total. The Labute approximate surface area is 194 Å². The van der Waals surface area contributed by atoms with Crippen LogP contribution in [0, 0.1) is 5.82 Å². The van der Waals surface area contributed by atoms with Crippen molar-refractivity contribution < 1.29 is 23.5 Å². The average molecular weight is 473 g/mol. The lowest BCUT2D eigenvalue weighted by atomic mass is 10.1. The number of fused-ring (bicyclic) bond motifs is 1. The molecule has 0 saturated carbocycles. The number of thiocarbonyl (C=S) groups is 1. The van der Waals surface area contributed by atoms with Gasteiger partial charge in [0.2, 0.25) is 12.7 Å². The molecule has 2 amide bonds. The highest BCUT2D eigenvalue weighted by Crippen LogP contribution is 2.36. The molecule has 32 heavy (non-hydrogen) atoms. The molecule has 0 atom stereocenters. The third kappa shape index (κ3) is 5.46. The van der Waals surface area contributed by atoms with Crippen LogP contribution < -0.4 is 14.8 Å². The number of unbranched alkanes of at least 4 members (excludes halogenated alkanes) is 2. The molecule has 0 spiro atoms. The summed E-state index contributed by atoms with van der Waals surface area (Å²) in [6.07, 6.45) is 4.31. The highest BCUT2D eigenvalue weighted by Gasteiger charge is 2.31. The van der Waals surface area contributed by atoms with E-state index in [0.29, 0.717) is 45.8 Å². The maximum atomic E-state index is 13.2. The zero-order chi connectivity index (χ0) is 22.5. The number of hydrogen-bond donors (Lipinski definition) is 1. The summed E-state index contributed by atoms with van der Waals surface area (Å²) >= 11 is 6.66. The van der Waals surface area contributed by atoms with E-state index in [4.69, 9.17) is 21.7 Å². The molecule has 0 aliphatic carbocycles. The van der Waals surface area contributed by atoms with E-state index < -0.39 is 0 Å². The lowest BCUT2D eigenvalue weighted by molar-refractivity contribution is -0.122. The number of nitrogens with zero attached hydrogens (tertiary/aromatic N) is 1. The third-order valence-corrected chi connectivity index (χ3v) is 6.34. The van der Waals surface area contributed by atoms with Gasteiger partial charge in [-0.1, -0.05) is 42.5 Å². The molecule has 2 aromatic carbocycles. The Hall–Kier alpha value is -2.91. The number of rotatable bonds is 8. The maximum absolute atomic E-state index is 13.2. The molecule has 0 aromatic heterocycles. The fourth-order valence-corrected chi connectivity index (χ4v) is 4.68. The van der Waals surface area contributed by atoms with Gasteiger partial charge in [0.05, 0.1) is 4.91 Å².